The van der Waals surface area contributed by atoms with Gasteiger partial charge in [-0.3, -0.25) is 14.3 Å². The van der Waals surface area contributed by atoms with Gasteiger partial charge < -0.3 is 10.4 Å². The Balaban J connectivity index is 1.93. The van der Waals surface area contributed by atoms with Gasteiger partial charge in [-0.05, 0) is 24.5 Å². The maximum atomic E-state index is 12.9. The van der Waals surface area contributed by atoms with Crippen molar-refractivity contribution in [3.05, 3.63) is 52.5 Å². The Labute approximate surface area is 161 Å². The number of thiophene rings is 1. The van der Waals surface area contributed by atoms with E-state index in [9.17, 15) is 14.7 Å². The van der Waals surface area contributed by atoms with Crippen molar-refractivity contribution >= 4 is 33.4 Å². The highest BCUT2D eigenvalue weighted by Crippen LogP contribution is 2.32. The highest BCUT2D eigenvalue weighted by atomic mass is 32.1. The number of nitrogens with zero attached hydrogens (tertiary/aromatic N) is 2. The van der Waals surface area contributed by atoms with Crippen molar-refractivity contribution < 1.29 is 14.7 Å². The van der Waals surface area contributed by atoms with Gasteiger partial charge in [0, 0.05) is 12.4 Å². The van der Waals surface area contributed by atoms with Crippen LogP contribution in [0, 0.1) is 5.92 Å². The zero-order valence-corrected chi connectivity index (χ0v) is 16.6. The molecule has 2 heterocycles. The molecule has 142 valence electrons. The number of carbonyl (C=O) groups is 2. The summed E-state index contributed by atoms with van der Waals surface area (Å²) in [6.07, 6.45) is 0. The highest BCUT2D eigenvalue weighted by molar-refractivity contribution is 7.20. The van der Waals surface area contributed by atoms with E-state index in [2.05, 4.69) is 24.3 Å². The summed E-state index contributed by atoms with van der Waals surface area (Å²) in [6, 6.07) is 10.4. The first-order chi connectivity index (χ1) is 12.8. The molecule has 2 N–H and O–H groups in total. The number of nitrogens with one attached hydrogen (secondary N) is 1. The largest absolute Gasteiger partial charge is 0.481 e. The van der Waals surface area contributed by atoms with Gasteiger partial charge in [0.1, 0.15) is 4.83 Å². The molecule has 0 fully saturated rings. The van der Waals surface area contributed by atoms with E-state index in [1.165, 1.54) is 11.3 Å². The average Bonchev–Trinajstić information content (AvgIpc) is 3.20. The van der Waals surface area contributed by atoms with E-state index < -0.39 is 17.9 Å². The molecule has 0 aliphatic carbocycles. The molecule has 2 aromatic heterocycles. The van der Waals surface area contributed by atoms with Crippen molar-refractivity contribution in [3.8, 4) is 0 Å². The monoisotopic (exact) mass is 385 g/mol. The number of benzene rings is 1. The van der Waals surface area contributed by atoms with E-state index in [0.717, 1.165) is 21.5 Å². The Bertz CT molecular complexity index is 975. The summed E-state index contributed by atoms with van der Waals surface area (Å²) in [5, 5.41) is 17.9. The molecule has 0 bridgehead atoms. The molecule has 0 spiro atoms. The molecule has 6 nitrogen and oxygen atoms in total. The number of aliphatic carboxylic acids is 1. The summed E-state index contributed by atoms with van der Waals surface area (Å²) in [7, 11) is 1.87. The number of fused-ring (bicyclic) bond motifs is 1. The first kappa shape index (κ1) is 19.1. The Morgan fingerprint density at radius 1 is 1.19 bits per heavy atom. The molecule has 1 amide bonds. The third kappa shape index (κ3) is 3.73. The van der Waals surface area contributed by atoms with Crippen LogP contribution in [0.4, 0.5) is 0 Å². The number of amides is 1. The molecule has 1 aromatic carbocycles. The predicted octanol–water partition coefficient (Wildman–Crippen LogP) is 3.95. The second-order valence-electron chi connectivity index (χ2n) is 6.98. The fraction of sp³-hybridized carbons (Fsp3) is 0.350. The fourth-order valence-corrected chi connectivity index (χ4v) is 4.10. The van der Waals surface area contributed by atoms with Gasteiger partial charge in [0.25, 0.3) is 5.91 Å². The number of hydrogen-bond acceptors (Lipinski definition) is 4. The lowest BCUT2D eigenvalue weighted by atomic mass is 9.94. The van der Waals surface area contributed by atoms with E-state index in [1.54, 1.807) is 11.6 Å². The van der Waals surface area contributed by atoms with Gasteiger partial charge in [-0.25, -0.2) is 0 Å². The van der Waals surface area contributed by atoms with Crippen LogP contribution in [0.2, 0.25) is 0 Å². The second kappa shape index (κ2) is 7.52. The van der Waals surface area contributed by atoms with Crippen LogP contribution in [0.3, 0.4) is 0 Å². The number of aromatic nitrogens is 2. The Morgan fingerprint density at radius 3 is 2.44 bits per heavy atom. The topological polar surface area (TPSA) is 84.2 Å². The lowest BCUT2D eigenvalue weighted by molar-refractivity contribution is -0.142. The summed E-state index contributed by atoms with van der Waals surface area (Å²) in [5.41, 5.74) is 1.73. The zero-order chi connectivity index (χ0) is 19.7. The van der Waals surface area contributed by atoms with Crippen LogP contribution in [0.15, 0.2) is 36.4 Å². The molecule has 2 atom stereocenters. The maximum Gasteiger partial charge on any atom is 0.308 e. The van der Waals surface area contributed by atoms with Crippen molar-refractivity contribution in [3.63, 3.8) is 0 Å². The molecule has 0 radical (unpaired) electrons. The maximum absolute atomic E-state index is 12.9. The molecule has 0 saturated heterocycles. The smallest absolute Gasteiger partial charge is 0.308 e. The molecule has 0 saturated carbocycles. The van der Waals surface area contributed by atoms with E-state index in [-0.39, 0.29) is 11.8 Å². The summed E-state index contributed by atoms with van der Waals surface area (Å²) in [4.78, 5) is 25.9. The third-order valence-electron chi connectivity index (χ3n) is 4.65. The molecule has 0 aliphatic heterocycles. The lowest BCUT2D eigenvalue weighted by Crippen LogP contribution is -2.35. The van der Waals surface area contributed by atoms with E-state index in [0.29, 0.717) is 4.88 Å². The van der Waals surface area contributed by atoms with Crippen LogP contribution in [0.5, 0.6) is 0 Å². The molecule has 2 unspecified atom stereocenters. The minimum absolute atomic E-state index is 0.253. The minimum atomic E-state index is -0.952. The summed E-state index contributed by atoms with van der Waals surface area (Å²) >= 11 is 1.37. The normalized spacial score (nSPS) is 13.7. The van der Waals surface area contributed by atoms with Gasteiger partial charge >= 0.3 is 5.97 Å². The van der Waals surface area contributed by atoms with E-state index in [4.69, 9.17) is 0 Å². The average molecular weight is 385 g/mol. The quantitative estimate of drug-likeness (QED) is 0.673. The Morgan fingerprint density at radius 2 is 1.85 bits per heavy atom. The predicted molar refractivity (Wildman–Crippen MR) is 106 cm³/mol. The zero-order valence-electron chi connectivity index (χ0n) is 15.8. The number of hydrogen-bond donors (Lipinski definition) is 2. The van der Waals surface area contributed by atoms with Crippen LogP contribution in [-0.4, -0.2) is 26.8 Å². The number of carboxylic acids is 1. The van der Waals surface area contributed by atoms with Gasteiger partial charge in [-0.15, -0.1) is 11.3 Å². The molecule has 7 heteroatoms. The summed E-state index contributed by atoms with van der Waals surface area (Å²) < 4.78 is 1.79. The van der Waals surface area contributed by atoms with E-state index >= 15 is 0 Å². The standard InChI is InChI=1S/C20H23N3O3S/c1-11(2)16-14-10-15(27-19(14)23(4)22-16)18(24)21-17(12(3)20(25)26)13-8-6-5-7-9-13/h5-12,17H,1-4H3,(H,21,24)(H,25,26). The number of rotatable bonds is 6. The first-order valence-electron chi connectivity index (χ1n) is 8.84. The van der Waals surface area contributed by atoms with Crippen LogP contribution in [0.25, 0.3) is 10.2 Å². The van der Waals surface area contributed by atoms with Crippen LogP contribution in [0.1, 0.15) is 53.7 Å². The van der Waals surface area contributed by atoms with Crippen molar-refractivity contribution in [2.75, 3.05) is 0 Å². The molecule has 0 aliphatic rings. The Hall–Kier alpha value is -2.67. The van der Waals surface area contributed by atoms with Crippen LogP contribution >= 0.6 is 11.3 Å². The molecule has 3 aromatic rings. The van der Waals surface area contributed by atoms with Crippen LogP contribution in [-0.2, 0) is 11.8 Å². The SMILES string of the molecule is CC(C)c1nn(C)c2sc(C(=O)NC(c3ccccc3)C(C)C(=O)O)cc12. The van der Waals surface area contributed by atoms with E-state index in [1.807, 2.05) is 43.4 Å². The summed E-state index contributed by atoms with van der Waals surface area (Å²) in [5.74, 6) is -1.72. The van der Waals surface area contributed by atoms with Gasteiger partial charge in [0.2, 0.25) is 0 Å². The van der Waals surface area contributed by atoms with Gasteiger partial charge in [-0.1, -0.05) is 44.2 Å². The van der Waals surface area contributed by atoms with Crippen molar-refractivity contribution in [2.45, 2.75) is 32.7 Å². The van der Waals surface area contributed by atoms with Crippen LogP contribution < -0.4 is 5.32 Å². The van der Waals surface area contributed by atoms with Gasteiger partial charge in [-0.2, -0.15) is 5.10 Å². The minimum Gasteiger partial charge on any atom is -0.481 e. The van der Waals surface area contributed by atoms with Crippen molar-refractivity contribution in [2.24, 2.45) is 13.0 Å². The first-order valence-corrected chi connectivity index (χ1v) is 9.66. The molecule has 3 rings (SSSR count). The number of aryl methyl sites for hydroxylation is 1. The second-order valence-corrected chi connectivity index (χ2v) is 8.01. The molecular weight excluding hydrogens is 362 g/mol. The fourth-order valence-electron chi connectivity index (χ4n) is 3.12. The number of carbonyl (C=O) groups excluding carboxylic acids is 1. The molecule has 27 heavy (non-hydrogen) atoms. The molecular formula is C20H23N3O3S. The van der Waals surface area contributed by atoms with Crippen molar-refractivity contribution in [1.82, 2.24) is 15.1 Å². The third-order valence-corrected chi connectivity index (χ3v) is 5.85. The highest BCUT2D eigenvalue weighted by Gasteiger charge is 2.28. The lowest BCUT2D eigenvalue weighted by Gasteiger charge is -2.22. The van der Waals surface area contributed by atoms with Crippen molar-refractivity contribution in [1.29, 1.82) is 0 Å². The summed E-state index contributed by atoms with van der Waals surface area (Å²) in [6.45, 7) is 5.74. The Kier molecular flexibility index (Phi) is 5.32. The van der Waals surface area contributed by atoms with Gasteiger partial charge in [0.15, 0.2) is 0 Å². The number of carboxylic acid groups (broad SMARTS) is 1. The van der Waals surface area contributed by atoms with Gasteiger partial charge in [0.05, 0.1) is 22.5 Å².